The van der Waals surface area contributed by atoms with Gasteiger partial charge in [-0.3, -0.25) is 0 Å². The largest absolute Gasteiger partial charge is 0.467 e. The minimum absolute atomic E-state index is 0.194. The number of hydrazone groups is 1. The topological polar surface area (TPSA) is 24.8 Å². The third-order valence-corrected chi connectivity index (χ3v) is 5.11. The van der Waals surface area contributed by atoms with Crippen molar-refractivity contribution in [3.8, 4) is 5.75 Å². The van der Waals surface area contributed by atoms with Crippen LogP contribution in [-0.4, -0.2) is 16.4 Å². The third-order valence-electron chi connectivity index (χ3n) is 3.96. The smallest absolute Gasteiger partial charge is 0.192 e. The number of thiophene rings is 1. The minimum Gasteiger partial charge on any atom is -0.467 e. The van der Waals surface area contributed by atoms with Gasteiger partial charge in [0.25, 0.3) is 0 Å². The van der Waals surface area contributed by atoms with Gasteiger partial charge in [-0.2, -0.15) is 5.10 Å². The fraction of sp³-hybridized carbons (Fsp3) is 0.312. The lowest BCUT2D eigenvalue weighted by Crippen LogP contribution is -2.48. The van der Waals surface area contributed by atoms with Gasteiger partial charge in [0.05, 0.1) is 16.6 Å². The summed E-state index contributed by atoms with van der Waals surface area (Å²) in [7, 11) is 0. The van der Waals surface area contributed by atoms with Gasteiger partial charge in [0, 0.05) is 17.0 Å². The number of hydrogen-bond acceptors (Lipinski definition) is 4. The molecule has 2 aliphatic heterocycles. The second-order valence-corrected chi connectivity index (χ2v) is 7.20. The number of ether oxygens (including phenoxy) is 1. The van der Waals surface area contributed by atoms with Crippen molar-refractivity contribution < 1.29 is 4.74 Å². The van der Waals surface area contributed by atoms with Crippen molar-refractivity contribution in [1.29, 1.82) is 0 Å². The molecule has 0 amide bonds. The van der Waals surface area contributed by atoms with E-state index in [4.69, 9.17) is 21.4 Å². The summed E-state index contributed by atoms with van der Waals surface area (Å²) in [6, 6.07) is 10.2. The quantitative estimate of drug-likeness (QED) is 0.762. The normalized spacial score (nSPS) is 22.3. The van der Waals surface area contributed by atoms with E-state index < -0.39 is 5.72 Å². The first kappa shape index (κ1) is 13.2. The zero-order valence-corrected chi connectivity index (χ0v) is 13.4. The van der Waals surface area contributed by atoms with Gasteiger partial charge in [0.2, 0.25) is 0 Å². The molecule has 0 bridgehead atoms. The van der Waals surface area contributed by atoms with Crippen LogP contribution in [-0.2, 0) is 0 Å². The standard InChI is InChI=1S/C16H15ClN2OS/c1-16(2)19-13(9-12(18-19)15-4-3-7-21-15)11-8-10(17)5-6-14(11)20-16/h3-8,13H,9H2,1-2H3. The molecule has 2 aliphatic rings. The highest BCUT2D eigenvalue weighted by Crippen LogP contribution is 2.47. The maximum atomic E-state index is 6.16. The maximum Gasteiger partial charge on any atom is 0.192 e. The summed E-state index contributed by atoms with van der Waals surface area (Å²) in [4.78, 5) is 1.23. The average Bonchev–Trinajstić information content (AvgIpc) is 3.07. The van der Waals surface area contributed by atoms with E-state index in [0.717, 1.165) is 28.5 Å². The van der Waals surface area contributed by atoms with Crippen LogP contribution in [0.4, 0.5) is 0 Å². The highest BCUT2D eigenvalue weighted by molar-refractivity contribution is 7.12. The van der Waals surface area contributed by atoms with Crippen LogP contribution in [0, 0.1) is 0 Å². The molecule has 0 radical (unpaired) electrons. The molecule has 4 rings (SSSR count). The van der Waals surface area contributed by atoms with Crippen LogP contribution in [0.5, 0.6) is 5.75 Å². The molecule has 5 heteroatoms. The molecule has 21 heavy (non-hydrogen) atoms. The molecule has 1 aromatic carbocycles. The van der Waals surface area contributed by atoms with Crippen molar-refractivity contribution in [1.82, 2.24) is 5.01 Å². The van der Waals surface area contributed by atoms with E-state index in [2.05, 4.69) is 36.4 Å². The molecule has 2 aromatic rings. The van der Waals surface area contributed by atoms with Gasteiger partial charge in [-0.05, 0) is 43.5 Å². The van der Waals surface area contributed by atoms with E-state index in [1.165, 1.54) is 4.88 Å². The SMILES string of the molecule is CC1(C)Oc2ccc(Cl)cc2C2CC(c3cccs3)=NN21. The van der Waals surface area contributed by atoms with E-state index in [0.29, 0.717) is 0 Å². The fourth-order valence-corrected chi connectivity index (χ4v) is 3.93. The second-order valence-electron chi connectivity index (χ2n) is 5.82. The van der Waals surface area contributed by atoms with Crippen LogP contribution in [0.25, 0.3) is 0 Å². The molecule has 0 spiro atoms. The zero-order chi connectivity index (χ0) is 14.6. The van der Waals surface area contributed by atoms with E-state index in [-0.39, 0.29) is 6.04 Å². The predicted molar refractivity (Wildman–Crippen MR) is 86.2 cm³/mol. The lowest BCUT2D eigenvalue weighted by atomic mass is 9.97. The Morgan fingerprint density at radius 1 is 1.38 bits per heavy atom. The molecular weight excluding hydrogens is 304 g/mol. The number of benzene rings is 1. The van der Waals surface area contributed by atoms with Gasteiger partial charge in [0.15, 0.2) is 5.72 Å². The molecule has 0 fully saturated rings. The Hall–Kier alpha value is -1.52. The summed E-state index contributed by atoms with van der Waals surface area (Å²) in [6.45, 7) is 4.11. The first-order valence-electron chi connectivity index (χ1n) is 6.94. The van der Waals surface area contributed by atoms with Crippen LogP contribution >= 0.6 is 22.9 Å². The molecule has 3 nitrogen and oxygen atoms in total. The number of hydrogen-bond donors (Lipinski definition) is 0. The van der Waals surface area contributed by atoms with Crippen molar-refractivity contribution >= 4 is 28.6 Å². The van der Waals surface area contributed by atoms with Crippen molar-refractivity contribution in [3.05, 3.63) is 51.2 Å². The van der Waals surface area contributed by atoms with Gasteiger partial charge in [-0.1, -0.05) is 17.7 Å². The van der Waals surface area contributed by atoms with E-state index in [1.54, 1.807) is 11.3 Å². The summed E-state index contributed by atoms with van der Waals surface area (Å²) in [5, 5.41) is 9.72. The molecule has 1 aromatic heterocycles. The Balaban J connectivity index is 1.80. The minimum atomic E-state index is -0.454. The Bertz CT molecular complexity index is 724. The van der Waals surface area contributed by atoms with Crippen LogP contribution in [0.3, 0.4) is 0 Å². The average molecular weight is 319 g/mol. The van der Waals surface area contributed by atoms with E-state index in [1.807, 2.05) is 18.2 Å². The van der Waals surface area contributed by atoms with Crippen molar-refractivity contribution in [3.63, 3.8) is 0 Å². The number of rotatable bonds is 1. The van der Waals surface area contributed by atoms with Gasteiger partial charge in [-0.25, -0.2) is 5.01 Å². The van der Waals surface area contributed by atoms with Crippen LogP contribution in [0.1, 0.15) is 36.8 Å². The highest BCUT2D eigenvalue weighted by Gasteiger charge is 2.44. The number of fused-ring (bicyclic) bond motifs is 3. The molecule has 1 atom stereocenters. The Morgan fingerprint density at radius 3 is 3.00 bits per heavy atom. The summed E-state index contributed by atoms with van der Waals surface area (Å²) in [6.07, 6.45) is 0.890. The molecule has 0 saturated heterocycles. The number of halogens is 1. The van der Waals surface area contributed by atoms with Gasteiger partial charge < -0.3 is 4.74 Å². The zero-order valence-electron chi connectivity index (χ0n) is 11.8. The lowest BCUT2D eigenvalue weighted by Gasteiger charge is -2.43. The van der Waals surface area contributed by atoms with Gasteiger partial charge in [-0.15, -0.1) is 11.3 Å². The molecule has 0 aliphatic carbocycles. The predicted octanol–water partition coefficient (Wildman–Crippen LogP) is 4.68. The Morgan fingerprint density at radius 2 is 2.24 bits per heavy atom. The number of nitrogens with zero attached hydrogens (tertiary/aromatic N) is 2. The summed E-state index contributed by atoms with van der Waals surface area (Å²) >= 11 is 7.89. The molecular formula is C16H15ClN2OS. The van der Waals surface area contributed by atoms with E-state index >= 15 is 0 Å². The van der Waals surface area contributed by atoms with Crippen molar-refractivity contribution in [2.45, 2.75) is 32.0 Å². The van der Waals surface area contributed by atoms with Crippen molar-refractivity contribution in [2.24, 2.45) is 5.10 Å². The summed E-state index contributed by atoms with van der Waals surface area (Å²) in [5.74, 6) is 0.910. The molecule has 3 heterocycles. The first-order chi connectivity index (χ1) is 10.0. The van der Waals surface area contributed by atoms with E-state index in [9.17, 15) is 0 Å². The van der Waals surface area contributed by atoms with Gasteiger partial charge in [0.1, 0.15) is 5.75 Å². The van der Waals surface area contributed by atoms with Crippen molar-refractivity contribution in [2.75, 3.05) is 0 Å². The second kappa shape index (κ2) is 4.49. The lowest BCUT2D eigenvalue weighted by molar-refractivity contribution is -0.0911. The summed E-state index contributed by atoms with van der Waals surface area (Å²) < 4.78 is 6.12. The maximum absolute atomic E-state index is 6.16. The molecule has 0 N–H and O–H groups in total. The Labute approximate surface area is 132 Å². The monoisotopic (exact) mass is 318 g/mol. The first-order valence-corrected chi connectivity index (χ1v) is 8.19. The molecule has 1 unspecified atom stereocenters. The molecule has 108 valence electrons. The van der Waals surface area contributed by atoms with Gasteiger partial charge >= 0.3 is 0 Å². The highest BCUT2D eigenvalue weighted by atomic mass is 35.5. The third kappa shape index (κ3) is 2.05. The van der Waals surface area contributed by atoms with Crippen LogP contribution < -0.4 is 4.74 Å². The Kier molecular flexibility index (Phi) is 2.81. The van der Waals surface area contributed by atoms with Crippen LogP contribution in [0.15, 0.2) is 40.8 Å². The van der Waals surface area contributed by atoms with Crippen LogP contribution in [0.2, 0.25) is 5.02 Å². The molecule has 0 saturated carbocycles. The summed E-state index contributed by atoms with van der Waals surface area (Å²) in [5.41, 5.74) is 1.79. The fourth-order valence-electron chi connectivity index (χ4n) is 3.03.